The van der Waals surface area contributed by atoms with E-state index >= 15 is 0 Å². The van der Waals surface area contributed by atoms with Crippen molar-refractivity contribution in [1.29, 1.82) is 0 Å². The maximum Gasteiger partial charge on any atom is 0.237 e. The van der Waals surface area contributed by atoms with E-state index in [0.29, 0.717) is 6.04 Å². The molecule has 0 aromatic carbocycles. The summed E-state index contributed by atoms with van der Waals surface area (Å²) in [4.78, 5) is 11.8. The van der Waals surface area contributed by atoms with E-state index in [0.717, 1.165) is 23.8 Å². The van der Waals surface area contributed by atoms with Crippen molar-refractivity contribution in [2.24, 2.45) is 11.7 Å². The van der Waals surface area contributed by atoms with E-state index in [1.807, 2.05) is 25.6 Å². The Bertz CT molecular complexity index is 233. The normalized spacial score (nSPS) is 27.1. The zero-order valence-electron chi connectivity index (χ0n) is 10.5. The Morgan fingerprint density at radius 1 is 1.50 bits per heavy atom. The smallest absolute Gasteiger partial charge is 0.237 e. The molecule has 0 saturated heterocycles. The fourth-order valence-electron chi connectivity index (χ4n) is 2.06. The lowest BCUT2D eigenvalue weighted by Gasteiger charge is -2.19. The van der Waals surface area contributed by atoms with Gasteiger partial charge in [-0.3, -0.25) is 4.79 Å². The molecule has 3 nitrogen and oxygen atoms in total. The molecule has 0 spiro atoms. The van der Waals surface area contributed by atoms with Gasteiger partial charge in [0.25, 0.3) is 0 Å². The van der Waals surface area contributed by atoms with Gasteiger partial charge in [0.15, 0.2) is 0 Å². The van der Waals surface area contributed by atoms with Crippen LogP contribution in [-0.2, 0) is 4.79 Å². The van der Waals surface area contributed by atoms with Crippen molar-refractivity contribution in [3.05, 3.63) is 0 Å². The number of thioether (sulfide) groups is 1. The summed E-state index contributed by atoms with van der Waals surface area (Å²) in [5.41, 5.74) is 5.81. The molecule has 0 heterocycles. The molecule has 1 aliphatic rings. The number of amides is 1. The lowest BCUT2D eigenvalue weighted by Crippen LogP contribution is -2.47. The second-order valence-electron chi connectivity index (χ2n) is 4.87. The van der Waals surface area contributed by atoms with Gasteiger partial charge < -0.3 is 11.1 Å². The Morgan fingerprint density at radius 2 is 2.19 bits per heavy atom. The second kappa shape index (κ2) is 6.50. The lowest BCUT2D eigenvalue weighted by molar-refractivity contribution is -0.123. The molecule has 3 atom stereocenters. The van der Waals surface area contributed by atoms with Gasteiger partial charge in [-0.1, -0.05) is 20.8 Å². The molecule has 4 heteroatoms. The van der Waals surface area contributed by atoms with E-state index in [2.05, 4.69) is 12.2 Å². The molecule has 0 bridgehead atoms. The average molecular weight is 244 g/mol. The quantitative estimate of drug-likeness (QED) is 0.775. The molecule has 1 rings (SSSR count). The first-order valence-electron chi connectivity index (χ1n) is 6.22. The zero-order chi connectivity index (χ0) is 12.1. The molecule has 1 aliphatic carbocycles. The fourth-order valence-corrected chi connectivity index (χ4v) is 3.20. The van der Waals surface area contributed by atoms with Crippen LogP contribution in [0.2, 0.25) is 0 Å². The number of nitrogens with one attached hydrogen (secondary N) is 1. The van der Waals surface area contributed by atoms with Crippen LogP contribution in [0.5, 0.6) is 0 Å². The van der Waals surface area contributed by atoms with E-state index in [1.54, 1.807) is 0 Å². The summed E-state index contributed by atoms with van der Waals surface area (Å²) in [5, 5.41) is 3.80. The third kappa shape index (κ3) is 3.98. The van der Waals surface area contributed by atoms with E-state index in [-0.39, 0.29) is 17.9 Å². The van der Waals surface area contributed by atoms with E-state index in [1.165, 1.54) is 6.42 Å². The third-order valence-corrected chi connectivity index (χ3v) is 4.39. The Hall–Kier alpha value is -0.220. The minimum atomic E-state index is -0.363. The van der Waals surface area contributed by atoms with Crippen LogP contribution in [0.4, 0.5) is 0 Å². The fraction of sp³-hybridized carbons (Fsp3) is 0.917. The summed E-state index contributed by atoms with van der Waals surface area (Å²) < 4.78 is 0. The van der Waals surface area contributed by atoms with Crippen LogP contribution in [-0.4, -0.2) is 29.0 Å². The van der Waals surface area contributed by atoms with Crippen molar-refractivity contribution in [2.45, 2.75) is 57.4 Å². The molecule has 1 fully saturated rings. The Balaban J connectivity index is 2.31. The van der Waals surface area contributed by atoms with E-state index < -0.39 is 0 Å². The zero-order valence-corrected chi connectivity index (χ0v) is 11.3. The summed E-state index contributed by atoms with van der Waals surface area (Å²) >= 11 is 2.00. The highest BCUT2D eigenvalue weighted by atomic mass is 32.2. The van der Waals surface area contributed by atoms with E-state index in [4.69, 9.17) is 5.73 Å². The number of hydrogen-bond acceptors (Lipinski definition) is 3. The highest BCUT2D eigenvalue weighted by Gasteiger charge is 2.27. The van der Waals surface area contributed by atoms with Gasteiger partial charge >= 0.3 is 0 Å². The first-order chi connectivity index (χ1) is 7.54. The Kier molecular flexibility index (Phi) is 5.62. The van der Waals surface area contributed by atoms with Crippen LogP contribution in [0, 0.1) is 5.92 Å². The van der Waals surface area contributed by atoms with Gasteiger partial charge in [-0.25, -0.2) is 0 Å². The molecular formula is C12H24N2OS. The van der Waals surface area contributed by atoms with Crippen LogP contribution in [0.15, 0.2) is 0 Å². The highest BCUT2D eigenvalue weighted by molar-refractivity contribution is 7.99. The summed E-state index contributed by atoms with van der Waals surface area (Å²) in [5.74, 6) is 1.39. The number of carbonyl (C=O) groups excluding carboxylic acids is 1. The summed E-state index contributed by atoms with van der Waals surface area (Å²) in [6.07, 6.45) is 3.43. The molecule has 3 N–H and O–H groups in total. The van der Waals surface area contributed by atoms with Gasteiger partial charge in [0.05, 0.1) is 6.04 Å². The molecule has 0 aliphatic heterocycles. The molecule has 1 amide bonds. The molecule has 1 saturated carbocycles. The van der Waals surface area contributed by atoms with Crippen LogP contribution in [0.3, 0.4) is 0 Å². The second-order valence-corrected chi connectivity index (χ2v) is 6.44. The van der Waals surface area contributed by atoms with Crippen LogP contribution in [0.1, 0.15) is 40.0 Å². The largest absolute Gasteiger partial charge is 0.352 e. The molecule has 16 heavy (non-hydrogen) atoms. The maximum absolute atomic E-state index is 11.8. The lowest BCUT2D eigenvalue weighted by atomic mass is 10.0. The minimum Gasteiger partial charge on any atom is -0.352 e. The van der Waals surface area contributed by atoms with Crippen molar-refractivity contribution in [3.63, 3.8) is 0 Å². The minimum absolute atomic E-state index is 0.0159. The van der Waals surface area contributed by atoms with Gasteiger partial charge in [0.2, 0.25) is 5.91 Å². The predicted molar refractivity (Wildman–Crippen MR) is 70.5 cm³/mol. The monoisotopic (exact) mass is 244 g/mol. The van der Waals surface area contributed by atoms with Crippen molar-refractivity contribution >= 4 is 17.7 Å². The average Bonchev–Trinajstić information content (AvgIpc) is 2.65. The first-order valence-corrected chi connectivity index (χ1v) is 7.27. The molecule has 94 valence electrons. The standard InChI is InChI=1S/C12H24N2OS/c1-4-16-10-6-5-9(7-10)14-12(15)11(13)8(2)3/h8-11H,4-7,13H2,1-3H3,(H,14,15). The number of nitrogens with two attached hydrogens (primary N) is 1. The van der Waals surface area contributed by atoms with Crippen molar-refractivity contribution in [3.8, 4) is 0 Å². The molecule has 3 unspecified atom stereocenters. The Labute approximate surface area is 103 Å². The van der Waals surface area contributed by atoms with Crippen molar-refractivity contribution in [1.82, 2.24) is 5.32 Å². The number of rotatable bonds is 5. The summed E-state index contributed by atoms with van der Waals surface area (Å²) in [6, 6.07) is -0.0146. The molecule has 0 radical (unpaired) electrons. The third-order valence-electron chi connectivity index (χ3n) is 3.15. The molecule has 0 aromatic rings. The van der Waals surface area contributed by atoms with Crippen LogP contribution < -0.4 is 11.1 Å². The Morgan fingerprint density at radius 3 is 2.75 bits per heavy atom. The van der Waals surface area contributed by atoms with Gasteiger partial charge in [0.1, 0.15) is 0 Å². The van der Waals surface area contributed by atoms with Crippen molar-refractivity contribution < 1.29 is 4.79 Å². The molecule has 0 aromatic heterocycles. The predicted octanol–water partition coefficient (Wildman–Crippen LogP) is 1.76. The summed E-state index contributed by atoms with van der Waals surface area (Å²) in [7, 11) is 0. The van der Waals surface area contributed by atoms with E-state index in [9.17, 15) is 4.79 Å². The first kappa shape index (κ1) is 13.8. The van der Waals surface area contributed by atoms with Crippen LogP contribution >= 0.6 is 11.8 Å². The van der Waals surface area contributed by atoms with Gasteiger partial charge in [-0.2, -0.15) is 11.8 Å². The maximum atomic E-state index is 11.8. The van der Waals surface area contributed by atoms with Crippen molar-refractivity contribution in [2.75, 3.05) is 5.75 Å². The SMILES string of the molecule is CCSC1CCC(NC(=O)C(N)C(C)C)C1. The van der Waals surface area contributed by atoms with Crippen LogP contribution in [0.25, 0.3) is 0 Å². The summed E-state index contributed by atoms with van der Waals surface area (Å²) in [6.45, 7) is 6.15. The van der Waals surface area contributed by atoms with Gasteiger partial charge in [0, 0.05) is 11.3 Å². The highest BCUT2D eigenvalue weighted by Crippen LogP contribution is 2.29. The van der Waals surface area contributed by atoms with Gasteiger partial charge in [-0.05, 0) is 30.9 Å². The topological polar surface area (TPSA) is 55.1 Å². The number of hydrogen-bond donors (Lipinski definition) is 2. The van der Waals surface area contributed by atoms with Gasteiger partial charge in [-0.15, -0.1) is 0 Å². The molecular weight excluding hydrogens is 220 g/mol. The number of carbonyl (C=O) groups is 1.